The third kappa shape index (κ3) is 7.81. The summed E-state index contributed by atoms with van der Waals surface area (Å²) in [6.07, 6.45) is 2.82. The van der Waals surface area contributed by atoms with Gasteiger partial charge in [-0.1, -0.05) is 52.9 Å². The van der Waals surface area contributed by atoms with E-state index in [1.807, 2.05) is 25.1 Å². The largest absolute Gasteiger partial charge is 0.386 e. The molecule has 0 saturated carbocycles. The maximum absolute atomic E-state index is 5.76. The predicted octanol–water partition coefficient (Wildman–Crippen LogP) is 2.72. The highest BCUT2D eigenvalue weighted by Crippen LogP contribution is 1.99. The molecular weight excluding hydrogens is 351 g/mol. The minimum absolute atomic E-state index is 0.634. The average molecular weight is 372 g/mol. The van der Waals surface area contributed by atoms with Crippen molar-refractivity contribution in [2.24, 2.45) is 15.8 Å². The molecule has 0 bridgehead atoms. The van der Waals surface area contributed by atoms with Crippen LogP contribution in [0.3, 0.4) is 0 Å². The summed E-state index contributed by atoms with van der Waals surface area (Å²) in [5.41, 5.74) is 9.94. The summed E-state index contributed by atoms with van der Waals surface area (Å²) in [7, 11) is 0. The van der Waals surface area contributed by atoms with Gasteiger partial charge in [-0.2, -0.15) is 5.10 Å². The molecule has 4 nitrogen and oxygen atoms in total. The summed E-state index contributed by atoms with van der Waals surface area (Å²) < 4.78 is 1.10. The Hall–Kier alpha value is -1.11. The molecule has 0 aliphatic rings. The van der Waals surface area contributed by atoms with E-state index in [4.69, 9.17) is 5.73 Å². The topological polar surface area (TPSA) is 62.8 Å². The molecule has 0 spiro atoms. The fourth-order valence-electron chi connectivity index (χ4n) is 1.49. The first kappa shape index (κ1) is 15.9. The van der Waals surface area contributed by atoms with Gasteiger partial charge in [0.2, 0.25) is 0 Å². The Morgan fingerprint density at radius 2 is 2.05 bits per heavy atom. The van der Waals surface area contributed by atoms with Crippen LogP contribution in [0.5, 0.6) is 0 Å². The number of alkyl halides is 1. The van der Waals surface area contributed by atoms with Crippen molar-refractivity contribution in [1.82, 2.24) is 5.43 Å². The van der Waals surface area contributed by atoms with Crippen molar-refractivity contribution >= 4 is 34.3 Å². The minimum Gasteiger partial charge on any atom is -0.386 e. The maximum Gasteiger partial charge on any atom is 0.120 e. The van der Waals surface area contributed by atoms with Gasteiger partial charge in [0.15, 0.2) is 0 Å². The summed E-state index contributed by atoms with van der Waals surface area (Å²) >= 11 is 2.33. The summed E-state index contributed by atoms with van der Waals surface area (Å²) in [6, 6.07) is 10.3. The molecule has 0 radical (unpaired) electrons. The fraction of sp³-hybridized carbons (Fsp3) is 0.429. The highest BCUT2D eigenvalue weighted by atomic mass is 127. The van der Waals surface area contributed by atoms with Crippen molar-refractivity contribution in [3.8, 4) is 0 Å². The molecule has 0 aliphatic heterocycles. The van der Waals surface area contributed by atoms with Gasteiger partial charge in [-0.25, -0.2) is 0 Å². The number of hydrogen-bond donors (Lipinski definition) is 2. The molecule has 104 valence electrons. The predicted molar refractivity (Wildman–Crippen MR) is 91.0 cm³/mol. The van der Waals surface area contributed by atoms with E-state index in [-0.39, 0.29) is 0 Å². The summed E-state index contributed by atoms with van der Waals surface area (Å²) in [5, 5.41) is 4.10. The lowest BCUT2D eigenvalue weighted by molar-refractivity contribution is 0.913. The summed E-state index contributed by atoms with van der Waals surface area (Å²) in [4.78, 5) is 4.41. The van der Waals surface area contributed by atoms with E-state index in [2.05, 4.69) is 50.2 Å². The molecule has 1 rings (SSSR count). The highest BCUT2D eigenvalue weighted by Gasteiger charge is 1.94. The zero-order chi connectivity index (χ0) is 13.9. The van der Waals surface area contributed by atoms with Crippen LogP contribution in [0, 0.1) is 0 Å². The van der Waals surface area contributed by atoms with Crippen LogP contribution in [0.15, 0.2) is 40.4 Å². The van der Waals surface area contributed by atoms with Gasteiger partial charge in [0.05, 0.1) is 0 Å². The van der Waals surface area contributed by atoms with Crippen LogP contribution < -0.4 is 11.2 Å². The molecule has 0 aromatic heterocycles. The van der Waals surface area contributed by atoms with E-state index in [1.165, 1.54) is 5.56 Å². The number of nitrogens with one attached hydrogen (secondary N) is 1. The van der Waals surface area contributed by atoms with Crippen molar-refractivity contribution in [2.45, 2.75) is 26.2 Å². The molecule has 0 amide bonds. The number of amidine groups is 2. The van der Waals surface area contributed by atoms with Gasteiger partial charge in [-0.05, 0) is 29.8 Å². The molecule has 0 atom stereocenters. The number of nitrogens with two attached hydrogens (primary N) is 1. The summed E-state index contributed by atoms with van der Waals surface area (Å²) in [6.45, 7) is 2.66. The van der Waals surface area contributed by atoms with Crippen molar-refractivity contribution in [1.29, 1.82) is 0 Å². The van der Waals surface area contributed by atoms with E-state index in [0.29, 0.717) is 5.84 Å². The van der Waals surface area contributed by atoms with Gasteiger partial charge >= 0.3 is 0 Å². The van der Waals surface area contributed by atoms with Crippen molar-refractivity contribution in [3.05, 3.63) is 35.9 Å². The molecule has 3 N–H and O–H groups in total. The molecule has 1 aromatic carbocycles. The minimum atomic E-state index is 0.634. The molecule has 1 aromatic rings. The van der Waals surface area contributed by atoms with E-state index >= 15 is 0 Å². The van der Waals surface area contributed by atoms with Gasteiger partial charge in [-0.15, -0.1) is 0 Å². The van der Waals surface area contributed by atoms with Crippen LogP contribution in [0.4, 0.5) is 0 Å². The average Bonchev–Trinajstić information content (AvgIpc) is 2.44. The second-order valence-corrected chi connectivity index (χ2v) is 5.29. The highest BCUT2D eigenvalue weighted by molar-refractivity contribution is 14.1. The first-order valence-corrected chi connectivity index (χ1v) is 7.94. The smallest absolute Gasteiger partial charge is 0.120 e. The fourth-order valence-corrected chi connectivity index (χ4v) is 1.87. The molecule has 0 aliphatic carbocycles. The molecular formula is C14H21IN4. The first-order chi connectivity index (χ1) is 9.22. The van der Waals surface area contributed by atoms with Crippen molar-refractivity contribution < 1.29 is 0 Å². The lowest BCUT2D eigenvalue weighted by Gasteiger charge is -2.02. The SMILES string of the molecule is CC(=NCCc1ccccc1)N/N=C(/N)CCCI. The van der Waals surface area contributed by atoms with E-state index < -0.39 is 0 Å². The third-order valence-electron chi connectivity index (χ3n) is 2.52. The Morgan fingerprint density at radius 3 is 2.74 bits per heavy atom. The lowest BCUT2D eigenvalue weighted by Crippen LogP contribution is -2.21. The molecule has 0 saturated heterocycles. The zero-order valence-corrected chi connectivity index (χ0v) is 13.4. The number of hydrazone groups is 1. The van der Waals surface area contributed by atoms with Crippen LogP contribution in [0.25, 0.3) is 0 Å². The summed E-state index contributed by atoms with van der Waals surface area (Å²) in [5.74, 6) is 1.43. The van der Waals surface area contributed by atoms with Crippen LogP contribution in [0.2, 0.25) is 0 Å². The number of nitrogens with zero attached hydrogens (tertiary/aromatic N) is 2. The molecule has 0 fully saturated rings. The van der Waals surface area contributed by atoms with Crippen LogP contribution in [-0.4, -0.2) is 22.6 Å². The van der Waals surface area contributed by atoms with E-state index in [1.54, 1.807) is 0 Å². The molecule has 5 heteroatoms. The monoisotopic (exact) mass is 372 g/mol. The maximum atomic E-state index is 5.76. The zero-order valence-electron chi connectivity index (χ0n) is 11.3. The normalized spacial score (nSPS) is 12.5. The standard InChI is InChI=1S/C14H21IN4/c1-12(18-19-14(16)8-5-10-15)17-11-9-13-6-3-2-4-7-13/h2-4,6-7H,5,8-11H2,1H3,(H2,16,19)(H,17,18). The third-order valence-corrected chi connectivity index (χ3v) is 3.28. The van der Waals surface area contributed by atoms with Gasteiger partial charge < -0.3 is 5.73 Å². The Labute approximate surface area is 128 Å². The number of aliphatic imine (C=N–C) groups is 1. The Bertz CT molecular complexity index is 415. The Kier molecular flexibility index (Phi) is 8.20. The number of rotatable bonds is 7. The number of hydrogen-bond acceptors (Lipinski definition) is 2. The van der Waals surface area contributed by atoms with Crippen molar-refractivity contribution in [2.75, 3.05) is 11.0 Å². The van der Waals surface area contributed by atoms with Gasteiger partial charge in [-0.3, -0.25) is 10.4 Å². The Morgan fingerprint density at radius 1 is 1.32 bits per heavy atom. The molecule has 0 unspecified atom stereocenters. The van der Waals surface area contributed by atoms with E-state index in [0.717, 1.165) is 36.1 Å². The lowest BCUT2D eigenvalue weighted by atomic mass is 10.2. The Balaban J connectivity index is 2.29. The van der Waals surface area contributed by atoms with Crippen LogP contribution in [0.1, 0.15) is 25.3 Å². The quantitative estimate of drug-likeness (QED) is 0.254. The second kappa shape index (κ2) is 9.77. The van der Waals surface area contributed by atoms with Crippen molar-refractivity contribution in [3.63, 3.8) is 0 Å². The molecule has 19 heavy (non-hydrogen) atoms. The number of benzene rings is 1. The van der Waals surface area contributed by atoms with Crippen LogP contribution >= 0.6 is 22.6 Å². The molecule has 0 heterocycles. The second-order valence-electron chi connectivity index (χ2n) is 4.21. The van der Waals surface area contributed by atoms with Gasteiger partial charge in [0, 0.05) is 13.0 Å². The van der Waals surface area contributed by atoms with Gasteiger partial charge in [0.25, 0.3) is 0 Å². The van der Waals surface area contributed by atoms with Crippen LogP contribution in [-0.2, 0) is 6.42 Å². The first-order valence-electron chi connectivity index (χ1n) is 6.41. The number of halogens is 1. The van der Waals surface area contributed by atoms with Gasteiger partial charge in [0.1, 0.15) is 11.7 Å². The van der Waals surface area contributed by atoms with E-state index in [9.17, 15) is 0 Å².